The van der Waals surface area contributed by atoms with E-state index < -0.39 is 0 Å². The molecule has 4 saturated carbocycles. The minimum atomic E-state index is -0.270. The van der Waals surface area contributed by atoms with Gasteiger partial charge in [-0.1, -0.05) is 20.3 Å². The number of ether oxygens (including phenoxy) is 1. The number of rotatable bonds is 2. The lowest BCUT2D eigenvalue weighted by molar-refractivity contribution is -0.176. The Labute approximate surface area is 180 Å². The number of Topliss-reactive ketones (excluding diaryl/α,β-unsaturated/α-hetero) is 2. The maximum Gasteiger partial charge on any atom is 0.310 e. The van der Waals surface area contributed by atoms with Crippen LogP contribution < -0.4 is 5.32 Å². The molecular weight excluding hydrogens is 378 g/mol. The van der Waals surface area contributed by atoms with Gasteiger partial charge in [0.25, 0.3) is 0 Å². The second-order valence-corrected chi connectivity index (χ2v) is 11.5. The molecule has 0 aromatic heterocycles. The lowest BCUT2D eigenvalue weighted by Gasteiger charge is -2.58. The number of carbonyl (C=O) groups excluding carboxylic acids is 3. The molecule has 5 rings (SSSR count). The number of esters is 1. The molecule has 5 aliphatic rings. The first kappa shape index (κ1) is 20.7. The van der Waals surface area contributed by atoms with E-state index in [1.807, 2.05) is 0 Å². The van der Waals surface area contributed by atoms with E-state index in [0.717, 1.165) is 45.1 Å². The van der Waals surface area contributed by atoms with Gasteiger partial charge in [0.1, 0.15) is 6.10 Å². The van der Waals surface area contributed by atoms with Crippen molar-refractivity contribution in [3.8, 4) is 0 Å². The minimum absolute atomic E-state index is 0.0626. The third-order valence-electron chi connectivity index (χ3n) is 9.97. The zero-order valence-electron chi connectivity index (χ0n) is 18.6. The first-order valence-corrected chi connectivity index (χ1v) is 12.3. The van der Waals surface area contributed by atoms with Crippen molar-refractivity contribution >= 4 is 17.5 Å². The molecule has 8 atom stereocenters. The Morgan fingerprint density at radius 1 is 0.967 bits per heavy atom. The van der Waals surface area contributed by atoms with Gasteiger partial charge in [-0.25, -0.2) is 0 Å². The van der Waals surface area contributed by atoms with Crippen molar-refractivity contribution in [2.75, 3.05) is 13.1 Å². The SMILES string of the molecule is C[C@@]12CCC[C@H]1[C@@H]1C(=O)C(=O)C3C[C@@H](OC(=O)C4CCCNC4)CC[C@]3(C)[C@H]1CC2. The fraction of sp³-hybridized carbons (Fsp3) is 0.880. The molecule has 0 aromatic rings. The number of hydrogen-bond acceptors (Lipinski definition) is 5. The summed E-state index contributed by atoms with van der Waals surface area (Å²) in [4.78, 5) is 39.3. The van der Waals surface area contributed by atoms with Crippen LogP contribution in [0.2, 0.25) is 0 Å². The number of hydrogen-bond donors (Lipinski definition) is 1. The highest BCUT2D eigenvalue weighted by molar-refractivity contribution is 6.39. The van der Waals surface area contributed by atoms with E-state index in [1.165, 1.54) is 19.3 Å². The summed E-state index contributed by atoms with van der Waals surface area (Å²) in [5.41, 5.74) is 0.135. The van der Waals surface area contributed by atoms with Crippen LogP contribution in [0.25, 0.3) is 0 Å². The minimum Gasteiger partial charge on any atom is -0.462 e. The Kier molecular flexibility index (Phi) is 5.11. The molecule has 166 valence electrons. The van der Waals surface area contributed by atoms with E-state index in [1.54, 1.807) is 0 Å². The van der Waals surface area contributed by atoms with Crippen molar-refractivity contribution in [1.29, 1.82) is 0 Å². The Hall–Kier alpha value is -1.23. The van der Waals surface area contributed by atoms with Gasteiger partial charge in [0, 0.05) is 18.4 Å². The summed E-state index contributed by atoms with van der Waals surface area (Å²) in [6, 6.07) is 0. The van der Waals surface area contributed by atoms with Crippen LogP contribution in [0.1, 0.15) is 78.1 Å². The smallest absolute Gasteiger partial charge is 0.310 e. The Balaban J connectivity index is 1.33. The van der Waals surface area contributed by atoms with Crippen LogP contribution >= 0.6 is 0 Å². The highest BCUT2D eigenvalue weighted by Gasteiger charge is 2.63. The molecule has 2 unspecified atom stereocenters. The van der Waals surface area contributed by atoms with Crippen LogP contribution in [-0.2, 0) is 19.1 Å². The van der Waals surface area contributed by atoms with Crippen molar-refractivity contribution in [2.24, 2.45) is 40.4 Å². The monoisotopic (exact) mass is 415 g/mol. The molecule has 5 nitrogen and oxygen atoms in total. The predicted octanol–water partition coefficient (Wildman–Crippen LogP) is 3.69. The molecule has 4 aliphatic carbocycles. The number of piperidine rings is 1. The molecule has 0 aromatic carbocycles. The van der Waals surface area contributed by atoms with Crippen molar-refractivity contribution in [3.05, 3.63) is 0 Å². The van der Waals surface area contributed by atoms with Gasteiger partial charge in [-0.15, -0.1) is 0 Å². The summed E-state index contributed by atoms with van der Waals surface area (Å²) in [5.74, 6) is -0.0664. The third kappa shape index (κ3) is 3.10. The van der Waals surface area contributed by atoms with E-state index >= 15 is 0 Å². The average Bonchev–Trinajstić information content (AvgIpc) is 3.15. The van der Waals surface area contributed by atoms with Crippen LogP contribution in [0.3, 0.4) is 0 Å². The Morgan fingerprint density at radius 3 is 2.57 bits per heavy atom. The zero-order valence-corrected chi connectivity index (χ0v) is 18.6. The van der Waals surface area contributed by atoms with E-state index in [4.69, 9.17) is 4.74 Å². The normalized spacial score (nSPS) is 48.5. The van der Waals surface area contributed by atoms with Gasteiger partial charge in [-0.05, 0) is 87.0 Å². The fourth-order valence-corrected chi connectivity index (χ4v) is 8.14. The summed E-state index contributed by atoms with van der Waals surface area (Å²) in [6.07, 6.45) is 9.68. The maximum absolute atomic E-state index is 13.4. The first-order valence-electron chi connectivity index (χ1n) is 12.3. The molecule has 1 heterocycles. The van der Waals surface area contributed by atoms with Crippen molar-refractivity contribution in [2.45, 2.75) is 84.2 Å². The lowest BCUT2D eigenvalue weighted by Crippen LogP contribution is -2.60. The number of ketones is 2. The molecule has 1 N–H and O–H groups in total. The van der Waals surface area contributed by atoms with Crippen molar-refractivity contribution in [3.63, 3.8) is 0 Å². The van der Waals surface area contributed by atoms with Crippen LogP contribution in [0.15, 0.2) is 0 Å². The lowest BCUT2D eigenvalue weighted by atomic mass is 9.44. The second-order valence-electron chi connectivity index (χ2n) is 11.5. The van der Waals surface area contributed by atoms with Crippen LogP contribution in [0, 0.1) is 40.4 Å². The van der Waals surface area contributed by atoms with E-state index in [-0.39, 0.29) is 52.2 Å². The number of carbonyl (C=O) groups is 3. The molecule has 5 heteroatoms. The van der Waals surface area contributed by atoms with Crippen molar-refractivity contribution in [1.82, 2.24) is 5.32 Å². The number of nitrogens with one attached hydrogen (secondary N) is 1. The number of fused-ring (bicyclic) bond motifs is 5. The van der Waals surface area contributed by atoms with Gasteiger partial charge >= 0.3 is 5.97 Å². The molecular formula is C25H37NO4. The maximum atomic E-state index is 13.4. The van der Waals surface area contributed by atoms with Crippen molar-refractivity contribution < 1.29 is 19.1 Å². The highest BCUT2D eigenvalue weighted by atomic mass is 16.5. The molecule has 1 saturated heterocycles. The van der Waals surface area contributed by atoms with Gasteiger partial charge in [0.15, 0.2) is 0 Å². The van der Waals surface area contributed by atoms with Gasteiger partial charge in [0.2, 0.25) is 11.6 Å². The van der Waals surface area contributed by atoms with Crippen LogP contribution in [0.4, 0.5) is 0 Å². The molecule has 0 amide bonds. The molecule has 0 radical (unpaired) electrons. The van der Waals surface area contributed by atoms with E-state index in [9.17, 15) is 14.4 Å². The average molecular weight is 416 g/mol. The van der Waals surface area contributed by atoms with Gasteiger partial charge < -0.3 is 10.1 Å². The predicted molar refractivity (Wildman–Crippen MR) is 113 cm³/mol. The van der Waals surface area contributed by atoms with Gasteiger partial charge in [-0.2, -0.15) is 0 Å². The molecule has 30 heavy (non-hydrogen) atoms. The Morgan fingerprint density at radius 2 is 1.80 bits per heavy atom. The molecule has 0 bridgehead atoms. The molecule has 5 fully saturated rings. The summed E-state index contributed by atoms with van der Waals surface area (Å²) in [5, 5.41) is 3.27. The third-order valence-corrected chi connectivity index (χ3v) is 9.97. The second kappa shape index (κ2) is 7.43. The highest BCUT2D eigenvalue weighted by Crippen LogP contribution is 2.64. The van der Waals surface area contributed by atoms with E-state index in [0.29, 0.717) is 24.8 Å². The fourth-order valence-electron chi connectivity index (χ4n) is 8.14. The first-order chi connectivity index (χ1) is 14.3. The standard InChI is InChI=1S/C25H37NO4/c1-24-9-3-6-17(24)20-18(8-10-24)25(2)11-7-16(13-19(25)21(27)22(20)28)30-23(29)15-5-4-12-26-14-15/h15-20,26H,3-14H2,1-2H3/t15?,16-,17-,18-,19?,20-,24-,25+/m0/s1. The van der Waals surface area contributed by atoms with E-state index in [2.05, 4.69) is 19.2 Å². The molecule has 1 aliphatic heterocycles. The van der Waals surface area contributed by atoms with Crippen LogP contribution in [-0.4, -0.2) is 36.7 Å². The zero-order chi connectivity index (χ0) is 21.1. The van der Waals surface area contributed by atoms with Crippen LogP contribution in [0.5, 0.6) is 0 Å². The quantitative estimate of drug-likeness (QED) is 0.550. The summed E-state index contributed by atoms with van der Waals surface area (Å²) in [6.45, 7) is 6.27. The summed E-state index contributed by atoms with van der Waals surface area (Å²) < 4.78 is 5.89. The summed E-state index contributed by atoms with van der Waals surface area (Å²) in [7, 11) is 0. The topological polar surface area (TPSA) is 72.5 Å². The summed E-state index contributed by atoms with van der Waals surface area (Å²) >= 11 is 0. The Bertz CT molecular complexity index is 743. The molecule has 0 spiro atoms. The largest absolute Gasteiger partial charge is 0.462 e. The van der Waals surface area contributed by atoms with Gasteiger partial charge in [0.05, 0.1) is 5.92 Å². The van der Waals surface area contributed by atoms with Gasteiger partial charge in [-0.3, -0.25) is 14.4 Å².